The van der Waals surface area contributed by atoms with Gasteiger partial charge in [-0.05, 0) is 25.5 Å². The number of benzene rings is 1. The molecule has 8 N–H and O–H groups in total. The zero-order chi connectivity index (χ0) is 23.1. The van der Waals surface area contributed by atoms with Gasteiger partial charge in [0.1, 0.15) is 24.2 Å². The first-order valence-corrected chi connectivity index (χ1v) is 9.69. The number of nitrogens with one attached hydrogen (secondary N) is 4. The molecule has 0 aliphatic rings. The van der Waals surface area contributed by atoms with Gasteiger partial charge >= 0.3 is 5.97 Å². The minimum absolute atomic E-state index is 0.0880. The van der Waals surface area contributed by atoms with Crippen molar-refractivity contribution < 1.29 is 29.4 Å². The lowest BCUT2D eigenvalue weighted by Crippen LogP contribution is -2.56. The summed E-state index contributed by atoms with van der Waals surface area (Å²) in [6.45, 7) is 2.13. The Bertz CT molecular complexity index is 958. The number of fused-ring (bicyclic) bond motifs is 1. The van der Waals surface area contributed by atoms with Crippen LogP contribution in [0.1, 0.15) is 19.4 Å². The van der Waals surface area contributed by atoms with Crippen LogP contribution < -0.4 is 21.7 Å². The first kappa shape index (κ1) is 23.8. The number of aliphatic carboxylic acids is 1. The molecule has 0 saturated heterocycles. The number of H-pyrrole nitrogens is 1. The number of aliphatic hydroxyl groups excluding tert-OH is 1. The summed E-state index contributed by atoms with van der Waals surface area (Å²) in [7, 11) is 0. The number of hydrogen-bond acceptors (Lipinski definition) is 6. The maximum Gasteiger partial charge on any atom is 0.325 e. The molecule has 0 bridgehead atoms. The van der Waals surface area contributed by atoms with Crippen molar-refractivity contribution in [2.24, 2.45) is 5.73 Å². The minimum Gasteiger partial charge on any atom is -0.480 e. The summed E-state index contributed by atoms with van der Waals surface area (Å²) in [6, 6.07) is 2.93. The van der Waals surface area contributed by atoms with Gasteiger partial charge in [-0.1, -0.05) is 18.2 Å². The Kier molecular flexibility index (Phi) is 8.11. The standard InChI is InChI=1S/C20H27N5O6/c1-10(23-18(28)14(21)9-26)17(27)25-16(19(29)24-11(2)20(30)31)7-12-8-22-15-6-4-3-5-13(12)15/h3-6,8,10-11,14,16,22,26H,7,9,21H2,1-2H3,(H,23,28)(H,24,29)(H,25,27)(H,30,31). The molecule has 0 fully saturated rings. The van der Waals surface area contributed by atoms with E-state index in [0.29, 0.717) is 0 Å². The lowest BCUT2D eigenvalue weighted by atomic mass is 10.0. The van der Waals surface area contributed by atoms with Crippen LogP contribution in [-0.2, 0) is 25.6 Å². The summed E-state index contributed by atoms with van der Waals surface area (Å²) >= 11 is 0. The second-order valence-corrected chi connectivity index (χ2v) is 7.21. The third-order valence-electron chi connectivity index (χ3n) is 4.75. The van der Waals surface area contributed by atoms with Gasteiger partial charge in [-0.25, -0.2) is 0 Å². The topological polar surface area (TPSA) is 187 Å². The molecule has 0 saturated carbocycles. The number of para-hydroxylation sites is 1. The van der Waals surface area contributed by atoms with Crippen molar-refractivity contribution in [1.29, 1.82) is 0 Å². The van der Waals surface area contributed by atoms with Crippen LogP contribution >= 0.6 is 0 Å². The quantitative estimate of drug-likeness (QED) is 0.240. The minimum atomic E-state index is -1.22. The number of rotatable bonds is 10. The Morgan fingerprint density at radius 1 is 1.00 bits per heavy atom. The highest BCUT2D eigenvalue weighted by Gasteiger charge is 2.28. The van der Waals surface area contributed by atoms with E-state index in [-0.39, 0.29) is 6.42 Å². The van der Waals surface area contributed by atoms with Gasteiger partial charge in [0.25, 0.3) is 0 Å². The lowest BCUT2D eigenvalue weighted by Gasteiger charge is -2.22. The highest BCUT2D eigenvalue weighted by atomic mass is 16.4. The number of carbonyl (C=O) groups is 4. The molecule has 1 heterocycles. The van der Waals surface area contributed by atoms with E-state index in [1.807, 2.05) is 24.3 Å². The number of aliphatic hydroxyl groups is 1. The van der Waals surface area contributed by atoms with Crippen LogP contribution in [0.25, 0.3) is 10.9 Å². The maximum absolute atomic E-state index is 12.7. The number of aromatic nitrogens is 1. The molecule has 11 heteroatoms. The Morgan fingerprint density at radius 3 is 2.29 bits per heavy atom. The van der Waals surface area contributed by atoms with Crippen LogP contribution in [0.2, 0.25) is 0 Å². The third kappa shape index (κ3) is 6.27. The molecule has 0 spiro atoms. The molecule has 0 radical (unpaired) electrons. The van der Waals surface area contributed by atoms with E-state index >= 15 is 0 Å². The zero-order valence-corrected chi connectivity index (χ0v) is 17.2. The largest absolute Gasteiger partial charge is 0.480 e. The summed E-state index contributed by atoms with van der Waals surface area (Å²) in [4.78, 5) is 51.3. The lowest BCUT2D eigenvalue weighted by molar-refractivity contribution is -0.141. The molecule has 31 heavy (non-hydrogen) atoms. The summed E-state index contributed by atoms with van der Waals surface area (Å²) in [5.74, 6) is -3.29. The van der Waals surface area contributed by atoms with E-state index in [0.717, 1.165) is 16.5 Å². The van der Waals surface area contributed by atoms with Crippen molar-refractivity contribution in [2.75, 3.05) is 6.61 Å². The van der Waals surface area contributed by atoms with Gasteiger partial charge in [0.2, 0.25) is 17.7 Å². The van der Waals surface area contributed by atoms with Crippen LogP contribution in [0.4, 0.5) is 0 Å². The first-order valence-electron chi connectivity index (χ1n) is 9.69. The van der Waals surface area contributed by atoms with Gasteiger partial charge in [-0.2, -0.15) is 0 Å². The van der Waals surface area contributed by atoms with E-state index in [1.54, 1.807) is 6.20 Å². The van der Waals surface area contributed by atoms with E-state index in [9.17, 15) is 19.2 Å². The fourth-order valence-corrected chi connectivity index (χ4v) is 2.87. The average molecular weight is 433 g/mol. The number of carboxylic acids is 1. The molecular formula is C20H27N5O6. The Morgan fingerprint density at radius 2 is 1.65 bits per heavy atom. The van der Waals surface area contributed by atoms with E-state index in [2.05, 4.69) is 20.9 Å². The smallest absolute Gasteiger partial charge is 0.325 e. The molecule has 0 aliphatic heterocycles. The average Bonchev–Trinajstić information content (AvgIpc) is 3.15. The van der Waals surface area contributed by atoms with Crippen LogP contribution in [0.5, 0.6) is 0 Å². The Balaban J connectivity index is 2.18. The van der Waals surface area contributed by atoms with Gasteiger partial charge in [0.15, 0.2) is 0 Å². The predicted molar refractivity (Wildman–Crippen MR) is 112 cm³/mol. The van der Waals surface area contributed by atoms with Crippen LogP contribution in [0.3, 0.4) is 0 Å². The summed E-state index contributed by atoms with van der Waals surface area (Å²) in [5.41, 5.74) is 7.02. The Hall–Kier alpha value is -3.44. The number of carbonyl (C=O) groups excluding carboxylic acids is 3. The highest BCUT2D eigenvalue weighted by Crippen LogP contribution is 2.19. The van der Waals surface area contributed by atoms with Gasteiger partial charge in [-0.3, -0.25) is 19.2 Å². The van der Waals surface area contributed by atoms with Crippen molar-refractivity contribution in [3.8, 4) is 0 Å². The van der Waals surface area contributed by atoms with Gasteiger partial charge in [-0.15, -0.1) is 0 Å². The molecule has 2 rings (SSSR count). The molecule has 11 nitrogen and oxygen atoms in total. The molecule has 3 amide bonds. The number of nitrogens with two attached hydrogens (primary N) is 1. The number of aromatic amines is 1. The van der Waals surface area contributed by atoms with Crippen LogP contribution in [-0.4, -0.2) is 69.7 Å². The maximum atomic E-state index is 12.7. The fourth-order valence-electron chi connectivity index (χ4n) is 2.87. The molecule has 4 atom stereocenters. The van der Waals surface area contributed by atoms with Gasteiger partial charge in [0.05, 0.1) is 6.61 Å². The van der Waals surface area contributed by atoms with Gasteiger partial charge < -0.3 is 36.9 Å². The first-order chi connectivity index (χ1) is 14.6. The van der Waals surface area contributed by atoms with Crippen LogP contribution in [0.15, 0.2) is 30.5 Å². The predicted octanol–water partition coefficient (Wildman–Crippen LogP) is -1.39. The fraction of sp³-hybridized carbons (Fsp3) is 0.400. The monoisotopic (exact) mass is 433 g/mol. The highest BCUT2D eigenvalue weighted by molar-refractivity contribution is 5.94. The van der Waals surface area contributed by atoms with Crippen molar-refractivity contribution >= 4 is 34.6 Å². The summed E-state index contributed by atoms with van der Waals surface area (Å²) < 4.78 is 0. The van der Waals surface area contributed by atoms with E-state index in [1.165, 1.54) is 13.8 Å². The van der Waals surface area contributed by atoms with Crippen molar-refractivity contribution in [1.82, 2.24) is 20.9 Å². The number of carboxylic acid groups (broad SMARTS) is 1. The normalized spacial score (nSPS) is 14.8. The van der Waals surface area contributed by atoms with Crippen molar-refractivity contribution in [2.45, 2.75) is 44.4 Å². The second-order valence-electron chi connectivity index (χ2n) is 7.21. The summed E-state index contributed by atoms with van der Waals surface area (Å²) in [6.07, 6.45) is 1.80. The van der Waals surface area contributed by atoms with Crippen molar-refractivity contribution in [3.63, 3.8) is 0 Å². The molecule has 2 aromatic rings. The molecule has 4 unspecified atom stereocenters. The molecule has 1 aromatic heterocycles. The molecule has 1 aromatic carbocycles. The second kappa shape index (κ2) is 10.5. The molecule has 0 aliphatic carbocycles. The molecular weight excluding hydrogens is 406 g/mol. The SMILES string of the molecule is CC(NC(=O)C(Cc1c[nH]c2ccccc12)NC(=O)C(C)NC(=O)C(N)CO)C(=O)O. The van der Waals surface area contributed by atoms with E-state index in [4.69, 9.17) is 15.9 Å². The molecule has 168 valence electrons. The third-order valence-corrected chi connectivity index (χ3v) is 4.75. The van der Waals surface area contributed by atoms with E-state index < -0.39 is 54.5 Å². The van der Waals surface area contributed by atoms with Crippen LogP contribution in [0, 0.1) is 0 Å². The number of amides is 3. The van der Waals surface area contributed by atoms with Crippen molar-refractivity contribution in [3.05, 3.63) is 36.0 Å². The summed E-state index contributed by atoms with van der Waals surface area (Å²) in [5, 5.41) is 26.1. The Labute approximate surface area is 178 Å². The van der Waals surface area contributed by atoms with Gasteiger partial charge in [0, 0.05) is 23.5 Å². The zero-order valence-electron chi connectivity index (χ0n) is 17.2. The number of hydrogen-bond donors (Lipinski definition) is 7.